The molecule has 0 aromatic heterocycles. The highest BCUT2D eigenvalue weighted by atomic mass is 127. The quantitative estimate of drug-likeness (QED) is 0.235. The second-order valence-electron chi connectivity index (χ2n) is 6.07. The summed E-state index contributed by atoms with van der Waals surface area (Å²) in [5.41, 5.74) is -0.546. The fourth-order valence-electron chi connectivity index (χ4n) is 2.23. The molecule has 6 heteroatoms. The van der Waals surface area contributed by atoms with Crippen LogP contribution in [0.2, 0.25) is 0 Å². The second-order valence-corrected chi connectivity index (χ2v) is 6.07. The lowest BCUT2D eigenvalue weighted by Crippen LogP contribution is -2.43. The molecule has 2 fully saturated rings. The second kappa shape index (κ2) is 9.84. The molecule has 21 heavy (non-hydrogen) atoms. The van der Waals surface area contributed by atoms with E-state index in [0.717, 1.165) is 63.9 Å². The lowest BCUT2D eigenvalue weighted by atomic mass is 9.80. The summed E-state index contributed by atoms with van der Waals surface area (Å²) in [4.78, 5) is 4.47. The maximum atomic E-state index is 10.0. The van der Waals surface area contributed by atoms with Gasteiger partial charge in [-0.25, -0.2) is 0 Å². The minimum atomic E-state index is -0.546. The van der Waals surface area contributed by atoms with Gasteiger partial charge >= 0.3 is 0 Å². The Hall–Kier alpha value is -0.0800. The average molecular weight is 411 g/mol. The first-order valence-electron chi connectivity index (χ1n) is 8.04. The predicted octanol–water partition coefficient (Wildman–Crippen LogP) is 1.89. The summed E-state index contributed by atoms with van der Waals surface area (Å²) >= 11 is 0. The molecule has 0 aromatic rings. The van der Waals surface area contributed by atoms with Crippen LogP contribution in [0.1, 0.15) is 45.4 Å². The number of ether oxygens (including phenoxy) is 1. The molecule has 0 aromatic carbocycles. The fourth-order valence-corrected chi connectivity index (χ4v) is 2.23. The highest BCUT2D eigenvalue weighted by Crippen LogP contribution is 2.31. The summed E-state index contributed by atoms with van der Waals surface area (Å²) in [5.74, 6) is 1.64. The van der Waals surface area contributed by atoms with Crippen molar-refractivity contribution in [3.05, 3.63) is 0 Å². The van der Waals surface area contributed by atoms with Crippen LogP contribution in [0.25, 0.3) is 0 Å². The Balaban J connectivity index is 0.00000220. The number of halogens is 1. The van der Waals surface area contributed by atoms with Crippen molar-refractivity contribution in [2.24, 2.45) is 10.9 Å². The van der Waals surface area contributed by atoms with E-state index in [9.17, 15) is 5.11 Å². The zero-order valence-corrected chi connectivity index (χ0v) is 15.4. The van der Waals surface area contributed by atoms with Gasteiger partial charge in [0.05, 0.1) is 12.1 Å². The van der Waals surface area contributed by atoms with Gasteiger partial charge in [-0.05, 0) is 51.4 Å². The zero-order valence-electron chi connectivity index (χ0n) is 13.1. The topological polar surface area (TPSA) is 65.9 Å². The average Bonchev–Trinajstić information content (AvgIpc) is 3.21. The molecule has 0 saturated heterocycles. The van der Waals surface area contributed by atoms with E-state index in [4.69, 9.17) is 4.74 Å². The molecular weight excluding hydrogens is 381 g/mol. The summed E-state index contributed by atoms with van der Waals surface area (Å²) in [7, 11) is 0. The van der Waals surface area contributed by atoms with Crippen LogP contribution in [0.5, 0.6) is 0 Å². The highest BCUT2D eigenvalue weighted by molar-refractivity contribution is 14.0. The standard InChI is InChI=1S/C15H29N3O2.HI/c1-2-16-14(18-12-15(19)7-3-8-15)17-9-4-10-20-11-13-5-6-13;/h13,19H,2-12H2,1H3,(H2,16,17,18);1H. The SMILES string of the molecule is CCNC(=NCC1(O)CCC1)NCCCOCC1CC1.I. The van der Waals surface area contributed by atoms with E-state index in [1.807, 2.05) is 6.92 Å². The van der Waals surface area contributed by atoms with Crippen LogP contribution in [0.3, 0.4) is 0 Å². The number of nitrogens with zero attached hydrogens (tertiary/aromatic N) is 1. The fraction of sp³-hybridized carbons (Fsp3) is 0.933. The first kappa shape index (κ1) is 19.0. The monoisotopic (exact) mass is 411 g/mol. The zero-order chi connectivity index (χ0) is 14.3. The van der Waals surface area contributed by atoms with Crippen molar-refractivity contribution in [2.45, 2.75) is 51.0 Å². The maximum absolute atomic E-state index is 10.0. The molecule has 2 aliphatic rings. The van der Waals surface area contributed by atoms with Gasteiger partial charge in [-0.1, -0.05) is 0 Å². The van der Waals surface area contributed by atoms with Gasteiger partial charge in [-0.15, -0.1) is 24.0 Å². The van der Waals surface area contributed by atoms with Crippen molar-refractivity contribution in [3.63, 3.8) is 0 Å². The lowest BCUT2D eigenvalue weighted by Gasteiger charge is -2.35. The molecule has 3 N–H and O–H groups in total. The molecule has 0 amide bonds. The Bertz CT molecular complexity index is 318. The van der Waals surface area contributed by atoms with Crippen LogP contribution in [-0.4, -0.2) is 49.5 Å². The predicted molar refractivity (Wildman–Crippen MR) is 96.4 cm³/mol. The van der Waals surface area contributed by atoms with E-state index >= 15 is 0 Å². The van der Waals surface area contributed by atoms with E-state index in [2.05, 4.69) is 15.6 Å². The summed E-state index contributed by atoms with van der Waals surface area (Å²) in [6.07, 6.45) is 6.56. The van der Waals surface area contributed by atoms with Gasteiger partial charge in [-0.2, -0.15) is 0 Å². The van der Waals surface area contributed by atoms with E-state index in [1.54, 1.807) is 0 Å². The van der Waals surface area contributed by atoms with E-state index in [-0.39, 0.29) is 24.0 Å². The smallest absolute Gasteiger partial charge is 0.191 e. The highest BCUT2D eigenvalue weighted by Gasteiger charge is 2.34. The maximum Gasteiger partial charge on any atom is 0.191 e. The van der Waals surface area contributed by atoms with Crippen molar-refractivity contribution in [3.8, 4) is 0 Å². The van der Waals surface area contributed by atoms with Gasteiger partial charge in [0, 0.05) is 26.3 Å². The Labute approximate surface area is 145 Å². The number of aliphatic hydroxyl groups is 1. The van der Waals surface area contributed by atoms with Gasteiger partial charge in [0.15, 0.2) is 5.96 Å². The molecule has 0 radical (unpaired) electrons. The number of aliphatic imine (C=N–C) groups is 1. The molecule has 5 nitrogen and oxygen atoms in total. The van der Waals surface area contributed by atoms with Crippen LogP contribution >= 0.6 is 24.0 Å². The van der Waals surface area contributed by atoms with E-state index < -0.39 is 5.60 Å². The number of nitrogens with one attached hydrogen (secondary N) is 2. The van der Waals surface area contributed by atoms with Crippen molar-refractivity contribution in [1.82, 2.24) is 10.6 Å². The van der Waals surface area contributed by atoms with Gasteiger partial charge in [-0.3, -0.25) is 4.99 Å². The third kappa shape index (κ3) is 7.65. The number of rotatable bonds is 9. The largest absolute Gasteiger partial charge is 0.388 e. The van der Waals surface area contributed by atoms with Crippen LogP contribution in [-0.2, 0) is 4.74 Å². The number of hydrogen-bond donors (Lipinski definition) is 3. The van der Waals surface area contributed by atoms with Gasteiger partial charge in [0.2, 0.25) is 0 Å². The summed E-state index contributed by atoms with van der Waals surface area (Å²) < 4.78 is 5.60. The van der Waals surface area contributed by atoms with Crippen LogP contribution in [0, 0.1) is 5.92 Å². The van der Waals surface area contributed by atoms with Crippen LogP contribution in [0.15, 0.2) is 4.99 Å². The minimum Gasteiger partial charge on any atom is -0.388 e. The first-order valence-corrected chi connectivity index (χ1v) is 8.04. The summed E-state index contributed by atoms with van der Waals surface area (Å²) in [6.45, 7) is 5.99. The molecule has 124 valence electrons. The van der Waals surface area contributed by atoms with Gasteiger partial charge in [0.25, 0.3) is 0 Å². The van der Waals surface area contributed by atoms with Crippen molar-refractivity contribution >= 4 is 29.9 Å². The van der Waals surface area contributed by atoms with Crippen molar-refractivity contribution < 1.29 is 9.84 Å². The molecule has 0 heterocycles. The third-order valence-corrected chi connectivity index (χ3v) is 3.97. The number of guanidine groups is 1. The van der Waals surface area contributed by atoms with Gasteiger partial charge < -0.3 is 20.5 Å². The molecule has 0 unspecified atom stereocenters. The molecule has 2 aliphatic carbocycles. The van der Waals surface area contributed by atoms with Crippen molar-refractivity contribution in [2.75, 3.05) is 32.8 Å². The van der Waals surface area contributed by atoms with E-state index in [1.165, 1.54) is 12.8 Å². The Kier molecular flexibility index (Phi) is 8.89. The molecule has 0 spiro atoms. The Morgan fingerprint density at radius 2 is 2.10 bits per heavy atom. The van der Waals surface area contributed by atoms with E-state index in [0.29, 0.717) is 6.54 Å². The molecule has 0 aliphatic heterocycles. The lowest BCUT2D eigenvalue weighted by molar-refractivity contribution is -0.0236. The van der Waals surface area contributed by atoms with Crippen LogP contribution < -0.4 is 10.6 Å². The van der Waals surface area contributed by atoms with Gasteiger partial charge in [0.1, 0.15) is 0 Å². The molecule has 2 saturated carbocycles. The Morgan fingerprint density at radius 1 is 1.33 bits per heavy atom. The first-order chi connectivity index (χ1) is 9.72. The summed E-state index contributed by atoms with van der Waals surface area (Å²) in [5, 5.41) is 16.5. The molecule has 0 atom stereocenters. The normalized spacial score (nSPS) is 20.4. The molecular formula is C15H30IN3O2. The van der Waals surface area contributed by atoms with Crippen molar-refractivity contribution in [1.29, 1.82) is 0 Å². The number of hydrogen-bond acceptors (Lipinski definition) is 3. The third-order valence-electron chi connectivity index (χ3n) is 3.97. The molecule has 2 rings (SSSR count). The minimum absolute atomic E-state index is 0. The van der Waals surface area contributed by atoms with Crippen LogP contribution in [0.4, 0.5) is 0 Å². The summed E-state index contributed by atoms with van der Waals surface area (Å²) in [6, 6.07) is 0. The molecule has 0 bridgehead atoms. The Morgan fingerprint density at radius 3 is 2.67 bits per heavy atom.